The van der Waals surface area contributed by atoms with Gasteiger partial charge < -0.3 is 4.74 Å². The minimum Gasteiger partial charge on any atom is -0.465 e. The first kappa shape index (κ1) is 29.5. The van der Waals surface area contributed by atoms with Gasteiger partial charge in [-0.05, 0) is 31.1 Å². The molecule has 0 heterocycles. The Labute approximate surface area is 190 Å². The zero-order chi connectivity index (χ0) is 22.3. The first-order valence-electron chi connectivity index (χ1n) is 13.8. The fourth-order valence-corrected chi connectivity index (χ4v) is 4.27. The average Bonchev–Trinajstić information content (AvgIpc) is 2.72. The van der Waals surface area contributed by atoms with E-state index in [1.165, 1.54) is 116 Å². The van der Waals surface area contributed by atoms with Gasteiger partial charge in [0.05, 0.1) is 6.61 Å². The third kappa shape index (κ3) is 22.2. The summed E-state index contributed by atoms with van der Waals surface area (Å²) in [5.41, 5.74) is 0. The van der Waals surface area contributed by atoms with E-state index >= 15 is 0 Å². The molecule has 0 bridgehead atoms. The van der Waals surface area contributed by atoms with Crippen molar-refractivity contribution in [3.8, 4) is 0 Å². The topological polar surface area (TPSA) is 26.3 Å². The van der Waals surface area contributed by atoms with Gasteiger partial charge in [-0.15, -0.1) is 0 Å². The zero-order valence-electron chi connectivity index (χ0n) is 21.3. The van der Waals surface area contributed by atoms with Gasteiger partial charge in [-0.25, -0.2) is 0 Å². The van der Waals surface area contributed by atoms with Crippen molar-refractivity contribution in [2.24, 2.45) is 11.8 Å². The summed E-state index contributed by atoms with van der Waals surface area (Å²) in [5.74, 6) is 1.47. The molecule has 0 spiro atoms. The van der Waals surface area contributed by atoms with Crippen molar-refractivity contribution in [1.82, 2.24) is 0 Å². The van der Waals surface area contributed by atoms with Gasteiger partial charge in [0.1, 0.15) is 0 Å². The third-order valence-electron chi connectivity index (χ3n) is 6.31. The molecular weight excluding hydrogens is 368 g/mol. The molecule has 180 valence electrons. The standard InChI is InChI=1S/C28H56O2/c1-5-7-18-23-27(21-6-2)25-30-28(29)24-20-17-15-13-11-9-8-10-12-14-16-19-22-26(3)4/h26-27H,5-25H2,1-4H3. The Hall–Kier alpha value is -0.530. The van der Waals surface area contributed by atoms with Crippen molar-refractivity contribution >= 4 is 5.97 Å². The van der Waals surface area contributed by atoms with Crippen molar-refractivity contribution in [2.75, 3.05) is 6.61 Å². The monoisotopic (exact) mass is 424 g/mol. The second-order valence-electron chi connectivity index (χ2n) is 10.0. The number of hydrogen-bond acceptors (Lipinski definition) is 2. The molecule has 0 radical (unpaired) electrons. The SMILES string of the molecule is CCCCCC(CCC)COC(=O)CCCCCCCCCCCCCCC(C)C. The number of unbranched alkanes of at least 4 members (excludes halogenated alkanes) is 13. The second-order valence-corrected chi connectivity index (χ2v) is 10.0. The van der Waals surface area contributed by atoms with Gasteiger partial charge in [0.2, 0.25) is 0 Å². The van der Waals surface area contributed by atoms with Crippen LogP contribution in [0.15, 0.2) is 0 Å². The molecule has 0 aliphatic carbocycles. The molecule has 2 heteroatoms. The lowest BCUT2D eigenvalue weighted by Crippen LogP contribution is -2.14. The van der Waals surface area contributed by atoms with Crippen LogP contribution in [0.5, 0.6) is 0 Å². The molecule has 1 atom stereocenters. The average molecular weight is 425 g/mol. The largest absolute Gasteiger partial charge is 0.465 e. The summed E-state index contributed by atoms with van der Waals surface area (Å²) in [6.45, 7) is 9.76. The fraction of sp³-hybridized carbons (Fsp3) is 0.964. The Bertz CT molecular complexity index is 351. The van der Waals surface area contributed by atoms with Crippen LogP contribution < -0.4 is 0 Å². The smallest absolute Gasteiger partial charge is 0.305 e. The molecule has 0 saturated carbocycles. The Morgan fingerprint density at radius 2 is 1.10 bits per heavy atom. The lowest BCUT2D eigenvalue weighted by molar-refractivity contribution is -0.145. The lowest BCUT2D eigenvalue weighted by Gasteiger charge is -2.16. The van der Waals surface area contributed by atoms with Gasteiger partial charge in [0, 0.05) is 6.42 Å². The highest BCUT2D eigenvalue weighted by Crippen LogP contribution is 2.17. The van der Waals surface area contributed by atoms with Crippen molar-refractivity contribution in [3.63, 3.8) is 0 Å². The molecule has 0 fully saturated rings. The van der Waals surface area contributed by atoms with Crippen molar-refractivity contribution < 1.29 is 9.53 Å². The maximum absolute atomic E-state index is 12.0. The minimum absolute atomic E-state index is 0.0278. The molecule has 30 heavy (non-hydrogen) atoms. The maximum Gasteiger partial charge on any atom is 0.305 e. The summed E-state index contributed by atoms with van der Waals surface area (Å²) in [6.07, 6.45) is 25.5. The maximum atomic E-state index is 12.0. The summed E-state index contributed by atoms with van der Waals surface area (Å²) in [6, 6.07) is 0. The van der Waals surface area contributed by atoms with Crippen molar-refractivity contribution in [3.05, 3.63) is 0 Å². The summed E-state index contributed by atoms with van der Waals surface area (Å²) >= 11 is 0. The van der Waals surface area contributed by atoms with Gasteiger partial charge in [0.15, 0.2) is 0 Å². The molecule has 0 rings (SSSR count). The molecule has 0 aromatic carbocycles. The highest BCUT2D eigenvalue weighted by Gasteiger charge is 2.11. The van der Waals surface area contributed by atoms with Crippen molar-refractivity contribution in [1.29, 1.82) is 0 Å². The molecule has 0 aromatic rings. The quantitative estimate of drug-likeness (QED) is 0.120. The predicted molar refractivity (Wildman–Crippen MR) is 133 cm³/mol. The van der Waals surface area contributed by atoms with E-state index in [-0.39, 0.29) is 5.97 Å². The highest BCUT2D eigenvalue weighted by molar-refractivity contribution is 5.69. The van der Waals surface area contributed by atoms with E-state index in [9.17, 15) is 4.79 Å². The van der Waals surface area contributed by atoms with Crippen LogP contribution >= 0.6 is 0 Å². The van der Waals surface area contributed by atoms with Crippen LogP contribution in [-0.4, -0.2) is 12.6 Å². The lowest BCUT2D eigenvalue weighted by atomic mass is 9.97. The number of carbonyl (C=O) groups is 1. The number of rotatable bonds is 23. The molecule has 0 amide bonds. The van der Waals surface area contributed by atoms with Crippen LogP contribution in [0, 0.1) is 11.8 Å². The van der Waals surface area contributed by atoms with Crippen LogP contribution in [0.3, 0.4) is 0 Å². The number of ether oxygens (including phenoxy) is 1. The normalized spacial score (nSPS) is 12.4. The fourth-order valence-electron chi connectivity index (χ4n) is 4.27. The number of esters is 1. The summed E-state index contributed by atoms with van der Waals surface area (Å²) in [4.78, 5) is 12.0. The highest BCUT2D eigenvalue weighted by atomic mass is 16.5. The van der Waals surface area contributed by atoms with Gasteiger partial charge in [-0.2, -0.15) is 0 Å². The molecule has 1 unspecified atom stereocenters. The number of carbonyl (C=O) groups excluding carboxylic acids is 1. The Balaban J connectivity index is 3.39. The first-order valence-corrected chi connectivity index (χ1v) is 13.8. The van der Waals surface area contributed by atoms with Gasteiger partial charge in [-0.1, -0.05) is 130 Å². The van der Waals surface area contributed by atoms with Crippen LogP contribution in [0.25, 0.3) is 0 Å². The Morgan fingerprint density at radius 3 is 1.60 bits per heavy atom. The summed E-state index contributed by atoms with van der Waals surface area (Å²) in [7, 11) is 0. The van der Waals surface area contributed by atoms with Gasteiger partial charge in [-0.3, -0.25) is 4.79 Å². The second kappa shape index (κ2) is 23.1. The van der Waals surface area contributed by atoms with Gasteiger partial charge in [0.25, 0.3) is 0 Å². The minimum atomic E-state index is 0.0278. The molecular formula is C28H56O2. The molecule has 0 aromatic heterocycles. The molecule has 0 aliphatic heterocycles. The van der Waals surface area contributed by atoms with E-state index in [0.29, 0.717) is 18.9 Å². The molecule has 2 nitrogen and oxygen atoms in total. The van der Waals surface area contributed by atoms with Crippen LogP contribution in [-0.2, 0) is 9.53 Å². The van der Waals surface area contributed by atoms with Crippen LogP contribution in [0.4, 0.5) is 0 Å². The molecule has 0 aliphatic rings. The first-order chi connectivity index (χ1) is 14.6. The molecule has 0 N–H and O–H groups in total. The molecule has 0 saturated heterocycles. The predicted octanol–water partition coefficient (Wildman–Crippen LogP) is 9.64. The van der Waals surface area contributed by atoms with E-state index < -0.39 is 0 Å². The van der Waals surface area contributed by atoms with Crippen LogP contribution in [0.2, 0.25) is 0 Å². The summed E-state index contributed by atoms with van der Waals surface area (Å²) < 4.78 is 5.57. The third-order valence-corrected chi connectivity index (χ3v) is 6.31. The zero-order valence-corrected chi connectivity index (χ0v) is 21.3. The van der Waals surface area contributed by atoms with E-state index in [0.717, 1.165) is 12.3 Å². The van der Waals surface area contributed by atoms with Crippen LogP contribution in [0.1, 0.15) is 156 Å². The Kier molecular flexibility index (Phi) is 22.7. The van der Waals surface area contributed by atoms with E-state index in [1.807, 2.05) is 0 Å². The van der Waals surface area contributed by atoms with Gasteiger partial charge >= 0.3 is 5.97 Å². The Morgan fingerprint density at radius 1 is 0.600 bits per heavy atom. The van der Waals surface area contributed by atoms with E-state index in [4.69, 9.17) is 4.74 Å². The van der Waals surface area contributed by atoms with E-state index in [2.05, 4.69) is 27.7 Å². The summed E-state index contributed by atoms with van der Waals surface area (Å²) in [5, 5.41) is 0. The number of hydrogen-bond donors (Lipinski definition) is 0. The van der Waals surface area contributed by atoms with Crippen molar-refractivity contribution in [2.45, 2.75) is 156 Å². The van der Waals surface area contributed by atoms with E-state index in [1.54, 1.807) is 0 Å².